The van der Waals surface area contributed by atoms with Crippen molar-refractivity contribution in [1.82, 2.24) is 15.0 Å². The van der Waals surface area contributed by atoms with E-state index in [2.05, 4.69) is 39.4 Å². The van der Waals surface area contributed by atoms with Crippen molar-refractivity contribution >= 4 is 29.2 Å². The zero-order valence-electron chi connectivity index (χ0n) is 16.4. The minimum Gasteiger partial charge on any atom is -0.378 e. The van der Waals surface area contributed by atoms with Crippen LogP contribution in [0.4, 0.5) is 33.6 Å². The van der Waals surface area contributed by atoms with Crippen molar-refractivity contribution in [3.05, 3.63) is 59.4 Å². The highest BCUT2D eigenvalue weighted by atomic mass is 19.1. The van der Waals surface area contributed by atoms with Gasteiger partial charge in [0.15, 0.2) is 0 Å². The summed E-state index contributed by atoms with van der Waals surface area (Å²) < 4.78 is 19.5. The number of morpholine rings is 1. The number of hydrogen-bond donors (Lipinski definition) is 2. The molecular formula is C21H23FN6O. The van der Waals surface area contributed by atoms with Gasteiger partial charge in [-0.2, -0.15) is 15.0 Å². The van der Waals surface area contributed by atoms with Crippen molar-refractivity contribution in [2.45, 2.75) is 13.8 Å². The van der Waals surface area contributed by atoms with Crippen LogP contribution in [-0.2, 0) is 4.74 Å². The van der Waals surface area contributed by atoms with Crippen LogP contribution >= 0.6 is 0 Å². The number of para-hydroxylation sites is 1. The van der Waals surface area contributed by atoms with Gasteiger partial charge in [-0.15, -0.1) is 0 Å². The molecule has 0 spiro atoms. The van der Waals surface area contributed by atoms with Gasteiger partial charge in [-0.05, 0) is 49.2 Å². The van der Waals surface area contributed by atoms with Gasteiger partial charge in [0.25, 0.3) is 0 Å². The van der Waals surface area contributed by atoms with Crippen LogP contribution in [0, 0.1) is 19.7 Å². The van der Waals surface area contributed by atoms with E-state index in [1.54, 1.807) is 18.2 Å². The molecule has 1 saturated heterocycles. The molecular weight excluding hydrogens is 371 g/mol. The Bertz CT molecular complexity index is 1010. The molecule has 0 radical (unpaired) electrons. The van der Waals surface area contributed by atoms with Gasteiger partial charge in [0.05, 0.1) is 18.9 Å². The van der Waals surface area contributed by atoms with Gasteiger partial charge < -0.3 is 20.3 Å². The van der Waals surface area contributed by atoms with Gasteiger partial charge in [0, 0.05) is 18.8 Å². The molecule has 1 fully saturated rings. The van der Waals surface area contributed by atoms with E-state index < -0.39 is 0 Å². The Balaban J connectivity index is 1.67. The van der Waals surface area contributed by atoms with Gasteiger partial charge in [0.1, 0.15) is 5.82 Å². The fourth-order valence-corrected chi connectivity index (χ4v) is 3.01. The lowest BCUT2D eigenvalue weighted by atomic mass is 10.1. The third kappa shape index (κ3) is 4.60. The maximum atomic E-state index is 14.1. The third-order valence-corrected chi connectivity index (χ3v) is 4.80. The van der Waals surface area contributed by atoms with Crippen LogP contribution in [0.1, 0.15) is 11.1 Å². The predicted octanol–water partition coefficient (Wildman–Crippen LogP) is 3.95. The van der Waals surface area contributed by atoms with E-state index in [1.807, 2.05) is 23.1 Å². The first-order valence-electron chi connectivity index (χ1n) is 9.53. The molecule has 0 amide bonds. The van der Waals surface area contributed by atoms with Gasteiger partial charge in [-0.3, -0.25) is 0 Å². The standard InChI is InChI=1S/C21H23FN6O/c1-14-7-8-16(13-15(14)2)23-19-25-20(24-18-6-4-3-5-17(18)22)27-21(26-19)28-9-11-29-12-10-28/h3-8,13H,9-12H2,1-2H3,(H2,23,24,25,26,27). The summed E-state index contributed by atoms with van der Waals surface area (Å²) in [5, 5.41) is 6.20. The summed E-state index contributed by atoms with van der Waals surface area (Å²) in [6.45, 7) is 6.72. The first-order valence-corrected chi connectivity index (χ1v) is 9.53. The minimum absolute atomic E-state index is 0.276. The highest BCUT2D eigenvalue weighted by Crippen LogP contribution is 2.23. The molecule has 2 aromatic carbocycles. The van der Waals surface area contributed by atoms with Gasteiger partial charge in [0.2, 0.25) is 17.8 Å². The smallest absolute Gasteiger partial charge is 0.233 e. The van der Waals surface area contributed by atoms with E-state index in [4.69, 9.17) is 4.74 Å². The second kappa shape index (κ2) is 8.40. The summed E-state index contributed by atoms with van der Waals surface area (Å²) >= 11 is 0. The molecule has 0 unspecified atom stereocenters. The number of hydrogen-bond acceptors (Lipinski definition) is 7. The number of aryl methyl sites for hydroxylation is 2. The molecule has 2 N–H and O–H groups in total. The molecule has 3 aromatic rings. The van der Waals surface area contributed by atoms with Gasteiger partial charge in [-0.25, -0.2) is 4.39 Å². The fourth-order valence-electron chi connectivity index (χ4n) is 3.01. The zero-order chi connectivity index (χ0) is 20.2. The molecule has 0 aliphatic carbocycles. The molecule has 0 bridgehead atoms. The SMILES string of the molecule is Cc1ccc(Nc2nc(Nc3ccccc3F)nc(N3CCOCC3)n2)cc1C. The Hall–Kier alpha value is -3.26. The lowest BCUT2D eigenvalue weighted by Gasteiger charge is -2.27. The number of nitrogens with zero attached hydrogens (tertiary/aromatic N) is 4. The van der Waals surface area contributed by atoms with Crippen molar-refractivity contribution in [2.75, 3.05) is 41.8 Å². The minimum atomic E-state index is -0.371. The fraction of sp³-hybridized carbons (Fsp3) is 0.286. The largest absolute Gasteiger partial charge is 0.378 e. The lowest BCUT2D eigenvalue weighted by molar-refractivity contribution is 0.122. The van der Waals surface area contributed by atoms with E-state index in [9.17, 15) is 4.39 Å². The molecule has 2 heterocycles. The maximum absolute atomic E-state index is 14.1. The van der Waals surface area contributed by atoms with Gasteiger partial charge >= 0.3 is 0 Å². The third-order valence-electron chi connectivity index (χ3n) is 4.80. The second-order valence-corrected chi connectivity index (χ2v) is 6.91. The van der Waals surface area contributed by atoms with Crippen LogP contribution in [-0.4, -0.2) is 41.3 Å². The summed E-state index contributed by atoms with van der Waals surface area (Å²) in [5.74, 6) is 0.819. The number of benzene rings is 2. The summed E-state index contributed by atoms with van der Waals surface area (Å²) in [4.78, 5) is 15.5. The van der Waals surface area contributed by atoms with Crippen LogP contribution in [0.2, 0.25) is 0 Å². The molecule has 29 heavy (non-hydrogen) atoms. The Morgan fingerprint density at radius 2 is 1.62 bits per heavy atom. The van der Waals surface area contributed by atoms with Crippen molar-refractivity contribution in [3.63, 3.8) is 0 Å². The monoisotopic (exact) mass is 394 g/mol. The maximum Gasteiger partial charge on any atom is 0.233 e. The lowest BCUT2D eigenvalue weighted by Crippen LogP contribution is -2.37. The Labute approximate surface area is 169 Å². The molecule has 1 aliphatic rings. The summed E-state index contributed by atoms with van der Waals surface area (Å²) in [6, 6.07) is 12.5. The van der Waals surface area contributed by atoms with Crippen molar-refractivity contribution in [3.8, 4) is 0 Å². The van der Waals surface area contributed by atoms with Crippen LogP contribution in [0.3, 0.4) is 0 Å². The van der Waals surface area contributed by atoms with Gasteiger partial charge in [-0.1, -0.05) is 18.2 Å². The molecule has 1 aromatic heterocycles. The molecule has 0 atom stereocenters. The molecule has 4 rings (SSSR count). The van der Waals surface area contributed by atoms with Crippen molar-refractivity contribution < 1.29 is 9.13 Å². The van der Waals surface area contributed by atoms with E-state index in [-0.39, 0.29) is 11.8 Å². The Morgan fingerprint density at radius 1 is 0.897 bits per heavy atom. The predicted molar refractivity (Wildman–Crippen MR) is 112 cm³/mol. The molecule has 0 saturated carbocycles. The van der Waals surface area contributed by atoms with Crippen LogP contribution in [0.15, 0.2) is 42.5 Å². The van der Waals surface area contributed by atoms with Crippen LogP contribution < -0.4 is 15.5 Å². The number of nitrogens with one attached hydrogen (secondary N) is 2. The van der Waals surface area contributed by atoms with E-state index in [0.29, 0.717) is 43.9 Å². The van der Waals surface area contributed by atoms with E-state index in [1.165, 1.54) is 17.2 Å². The number of ether oxygens (including phenoxy) is 1. The molecule has 8 heteroatoms. The van der Waals surface area contributed by atoms with E-state index in [0.717, 1.165) is 5.69 Å². The summed E-state index contributed by atoms with van der Waals surface area (Å²) in [6.07, 6.45) is 0. The number of anilines is 5. The highest BCUT2D eigenvalue weighted by Gasteiger charge is 2.17. The first-order chi connectivity index (χ1) is 14.1. The Morgan fingerprint density at radius 3 is 2.34 bits per heavy atom. The van der Waals surface area contributed by atoms with Crippen LogP contribution in [0.25, 0.3) is 0 Å². The van der Waals surface area contributed by atoms with Crippen molar-refractivity contribution in [2.24, 2.45) is 0 Å². The quantitative estimate of drug-likeness (QED) is 0.679. The summed E-state index contributed by atoms with van der Waals surface area (Å²) in [7, 11) is 0. The molecule has 1 aliphatic heterocycles. The number of rotatable bonds is 5. The molecule has 150 valence electrons. The first kappa shape index (κ1) is 19.1. The number of halogens is 1. The number of aromatic nitrogens is 3. The van der Waals surface area contributed by atoms with E-state index >= 15 is 0 Å². The topological polar surface area (TPSA) is 75.2 Å². The zero-order valence-corrected chi connectivity index (χ0v) is 16.4. The van der Waals surface area contributed by atoms with Crippen LogP contribution in [0.5, 0.6) is 0 Å². The van der Waals surface area contributed by atoms with Crippen molar-refractivity contribution in [1.29, 1.82) is 0 Å². The average Bonchev–Trinajstić information content (AvgIpc) is 2.73. The Kier molecular flexibility index (Phi) is 5.53. The molecule has 7 nitrogen and oxygen atoms in total. The normalized spacial score (nSPS) is 14.0. The second-order valence-electron chi connectivity index (χ2n) is 6.91. The highest BCUT2D eigenvalue weighted by molar-refractivity contribution is 5.60. The summed E-state index contributed by atoms with van der Waals surface area (Å²) in [5.41, 5.74) is 3.57. The average molecular weight is 394 g/mol.